The second kappa shape index (κ2) is 10.2. The van der Waals surface area contributed by atoms with Gasteiger partial charge in [0, 0.05) is 20.3 Å². The van der Waals surface area contributed by atoms with E-state index in [0.29, 0.717) is 19.6 Å². The number of rotatable bonds is 8. The maximum atomic E-state index is 10.7. The molecule has 0 spiro atoms. The quantitative estimate of drug-likeness (QED) is 0.417. The van der Waals surface area contributed by atoms with Crippen LogP contribution in [-0.2, 0) is 14.3 Å². The maximum Gasteiger partial charge on any atom is 0.230 e. The number of hydrogen-bond acceptors (Lipinski definition) is 3. The average molecular weight is 301 g/mol. The Morgan fingerprint density at radius 2 is 2.00 bits per heavy atom. The number of halogens is 1. The van der Waals surface area contributed by atoms with E-state index >= 15 is 0 Å². The molecule has 0 rings (SSSR count). The summed E-state index contributed by atoms with van der Waals surface area (Å²) in [7, 11) is 1.69. The van der Waals surface area contributed by atoms with E-state index in [4.69, 9.17) is 9.47 Å². The zero-order valence-electron chi connectivity index (χ0n) is 7.85. The van der Waals surface area contributed by atoms with Crippen LogP contribution in [0.25, 0.3) is 0 Å². The number of nitrogens with one attached hydrogen (secondary N) is 1. The van der Waals surface area contributed by atoms with Crippen molar-refractivity contribution in [3.63, 3.8) is 0 Å². The fourth-order valence-electron chi connectivity index (χ4n) is 0.765. The van der Waals surface area contributed by atoms with Crippen LogP contribution in [0.2, 0.25) is 0 Å². The van der Waals surface area contributed by atoms with E-state index in [-0.39, 0.29) is 5.91 Å². The van der Waals surface area contributed by atoms with E-state index in [1.54, 1.807) is 7.11 Å². The van der Waals surface area contributed by atoms with E-state index in [2.05, 4.69) is 3.53 Å². The molecule has 0 fully saturated rings. The van der Waals surface area contributed by atoms with Crippen molar-refractivity contribution in [2.24, 2.45) is 0 Å². The summed E-state index contributed by atoms with van der Waals surface area (Å²) in [4.78, 5) is 10.7. The van der Waals surface area contributed by atoms with Gasteiger partial charge in [-0.25, -0.2) is 0 Å². The van der Waals surface area contributed by atoms with Gasteiger partial charge in [-0.15, -0.1) is 0 Å². The van der Waals surface area contributed by atoms with Crippen LogP contribution in [0.1, 0.15) is 19.3 Å². The Hall–Kier alpha value is 0.120. The molecule has 1 N–H and O–H groups in total. The van der Waals surface area contributed by atoms with Crippen molar-refractivity contribution in [1.82, 2.24) is 3.53 Å². The molecule has 13 heavy (non-hydrogen) atoms. The van der Waals surface area contributed by atoms with Crippen molar-refractivity contribution in [1.29, 1.82) is 0 Å². The van der Waals surface area contributed by atoms with Gasteiger partial charge in [0.05, 0.1) is 35.9 Å². The molecular weight excluding hydrogens is 285 g/mol. The van der Waals surface area contributed by atoms with Crippen molar-refractivity contribution in [3.05, 3.63) is 0 Å². The Kier molecular flexibility index (Phi) is 10.3. The number of unbranched alkanes of at least 4 members (excludes halogenated alkanes) is 1. The van der Waals surface area contributed by atoms with Crippen LogP contribution < -0.4 is 3.53 Å². The first-order valence-corrected chi connectivity index (χ1v) is 5.35. The highest BCUT2D eigenvalue weighted by Crippen LogP contribution is 1.92. The first kappa shape index (κ1) is 13.1. The van der Waals surface area contributed by atoms with Crippen molar-refractivity contribution < 1.29 is 14.3 Å². The summed E-state index contributed by atoms with van der Waals surface area (Å²) in [6.07, 6.45) is 2.43. The summed E-state index contributed by atoms with van der Waals surface area (Å²) in [5.41, 5.74) is 0. The molecule has 0 aromatic carbocycles. The molecule has 0 aliphatic heterocycles. The average Bonchev–Trinajstić information content (AvgIpc) is 2.16. The predicted molar refractivity (Wildman–Crippen MR) is 58.7 cm³/mol. The zero-order chi connectivity index (χ0) is 9.94. The molecule has 1 amide bonds. The minimum Gasteiger partial charge on any atom is -0.385 e. The monoisotopic (exact) mass is 301 g/mol. The molecule has 0 aliphatic carbocycles. The number of methoxy groups -OCH3 is 1. The third-order valence-electron chi connectivity index (χ3n) is 1.47. The SMILES string of the molecule is COCCCCOCCC(=O)NI. The van der Waals surface area contributed by atoms with E-state index in [1.165, 1.54) is 0 Å². The first-order valence-electron chi connectivity index (χ1n) is 4.27. The summed E-state index contributed by atoms with van der Waals surface area (Å²) in [6.45, 7) is 1.98. The summed E-state index contributed by atoms with van der Waals surface area (Å²) in [6, 6.07) is 0. The highest BCUT2D eigenvalue weighted by Gasteiger charge is 1.97. The highest BCUT2D eigenvalue weighted by molar-refractivity contribution is 14.1. The molecule has 0 aromatic heterocycles. The lowest BCUT2D eigenvalue weighted by molar-refractivity contribution is -0.119. The van der Waals surface area contributed by atoms with E-state index in [0.717, 1.165) is 19.4 Å². The fraction of sp³-hybridized carbons (Fsp3) is 0.875. The lowest BCUT2D eigenvalue weighted by Crippen LogP contribution is -2.14. The number of hydrogen-bond donors (Lipinski definition) is 1. The van der Waals surface area contributed by atoms with Crippen LogP contribution in [0.5, 0.6) is 0 Å². The summed E-state index contributed by atoms with van der Waals surface area (Å²) in [5, 5.41) is 0. The topological polar surface area (TPSA) is 47.6 Å². The van der Waals surface area contributed by atoms with E-state index in [9.17, 15) is 4.79 Å². The van der Waals surface area contributed by atoms with Crippen LogP contribution in [0, 0.1) is 0 Å². The van der Waals surface area contributed by atoms with Gasteiger partial charge < -0.3 is 9.47 Å². The number of amides is 1. The second-order valence-electron chi connectivity index (χ2n) is 2.58. The van der Waals surface area contributed by atoms with Crippen LogP contribution in [0.15, 0.2) is 0 Å². The molecule has 0 heterocycles. The fourth-order valence-corrected chi connectivity index (χ4v) is 1.03. The lowest BCUT2D eigenvalue weighted by Gasteiger charge is -2.02. The molecule has 0 unspecified atom stereocenters. The molecule has 78 valence electrons. The number of carbonyl (C=O) groups excluding carboxylic acids is 1. The van der Waals surface area contributed by atoms with Gasteiger partial charge in [0.25, 0.3) is 0 Å². The summed E-state index contributed by atoms with van der Waals surface area (Å²) >= 11 is 1.82. The summed E-state index contributed by atoms with van der Waals surface area (Å²) < 4.78 is 12.6. The van der Waals surface area contributed by atoms with Gasteiger partial charge in [0.2, 0.25) is 5.91 Å². The smallest absolute Gasteiger partial charge is 0.230 e. The minimum absolute atomic E-state index is 0.0116. The Labute approximate surface area is 92.9 Å². The first-order chi connectivity index (χ1) is 6.31. The van der Waals surface area contributed by atoms with Crippen molar-refractivity contribution in [2.45, 2.75) is 19.3 Å². The van der Waals surface area contributed by atoms with Crippen molar-refractivity contribution >= 4 is 28.8 Å². The van der Waals surface area contributed by atoms with Crippen molar-refractivity contribution in [2.75, 3.05) is 26.9 Å². The molecule has 0 atom stereocenters. The van der Waals surface area contributed by atoms with Crippen LogP contribution in [0.3, 0.4) is 0 Å². The molecule has 0 bridgehead atoms. The molecule has 0 saturated carbocycles. The molecule has 5 heteroatoms. The Morgan fingerprint density at radius 1 is 1.31 bits per heavy atom. The molecule has 0 saturated heterocycles. The Balaban J connectivity index is 2.95. The van der Waals surface area contributed by atoms with E-state index in [1.807, 2.05) is 22.9 Å². The van der Waals surface area contributed by atoms with Gasteiger partial charge in [-0.1, -0.05) is 0 Å². The lowest BCUT2D eigenvalue weighted by atomic mass is 10.3. The van der Waals surface area contributed by atoms with Gasteiger partial charge in [-0.05, 0) is 12.8 Å². The third kappa shape index (κ3) is 10.0. The molecule has 0 radical (unpaired) electrons. The van der Waals surface area contributed by atoms with E-state index < -0.39 is 0 Å². The second-order valence-corrected chi connectivity index (χ2v) is 3.12. The van der Waals surface area contributed by atoms with Crippen LogP contribution in [-0.4, -0.2) is 32.8 Å². The molecule has 0 aromatic rings. The largest absolute Gasteiger partial charge is 0.385 e. The van der Waals surface area contributed by atoms with Crippen LogP contribution >= 0.6 is 22.9 Å². The minimum atomic E-state index is 0.0116. The maximum absolute atomic E-state index is 10.7. The van der Waals surface area contributed by atoms with Gasteiger partial charge in [0.1, 0.15) is 0 Å². The zero-order valence-corrected chi connectivity index (χ0v) is 10.0. The normalized spacial score (nSPS) is 10.0. The Morgan fingerprint density at radius 3 is 2.62 bits per heavy atom. The summed E-state index contributed by atoms with van der Waals surface area (Å²) in [5.74, 6) is 0.0116. The van der Waals surface area contributed by atoms with Gasteiger partial charge >= 0.3 is 0 Å². The molecular formula is C8H16INO3. The number of ether oxygens (including phenoxy) is 2. The number of carbonyl (C=O) groups is 1. The standard InChI is InChI=1S/C8H16INO3/c1-12-5-2-3-6-13-7-4-8(11)10-9/h2-7H2,1H3,(H,10,11). The van der Waals surface area contributed by atoms with Gasteiger partial charge in [-0.2, -0.15) is 0 Å². The molecule has 4 nitrogen and oxygen atoms in total. The Bertz CT molecular complexity index is 133. The highest BCUT2D eigenvalue weighted by atomic mass is 127. The predicted octanol–water partition coefficient (Wildman–Crippen LogP) is 1.29. The molecule has 0 aliphatic rings. The van der Waals surface area contributed by atoms with Gasteiger partial charge in [0.15, 0.2) is 0 Å². The van der Waals surface area contributed by atoms with Crippen LogP contribution in [0.4, 0.5) is 0 Å². The third-order valence-corrected chi connectivity index (χ3v) is 2.07. The van der Waals surface area contributed by atoms with Gasteiger partial charge in [-0.3, -0.25) is 8.32 Å². The van der Waals surface area contributed by atoms with Crippen molar-refractivity contribution in [3.8, 4) is 0 Å².